The first-order chi connectivity index (χ1) is 13.4. The van der Waals surface area contributed by atoms with Gasteiger partial charge in [-0.05, 0) is 42.1 Å². The van der Waals surface area contributed by atoms with Crippen LogP contribution >= 0.6 is 11.3 Å². The number of fused-ring (bicyclic) bond motifs is 1. The van der Waals surface area contributed by atoms with E-state index >= 15 is 0 Å². The lowest BCUT2D eigenvalue weighted by Crippen LogP contribution is -2.69. The number of aliphatic hydroxyl groups is 5. The van der Waals surface area contributed by atoms with Crippen LogP contribution in [0.2, 0.25) is 0 Å². The first-order valence-electron chi connectivity index (χ1n) is 8.73. The molecule has 0 amide bonds. The van der Waals surface area contributed by atoms with E-state index < -0.39 is 37.0 Å². The van der Waals surface area contributed by atoms with Gasteiger partial charge in [0.25, 0.3) is 5.79 Å². The third kappa shape index (κ3) is 2.92. The van der Waals surface area contributed by atoms with Crippen molar-refractivity contribution in [2.75, 3.05) is 6.61 Å². The summed E-state index contributed by atoms with van der Waals surface area (Å²) in [6.45, 7) is 1.24. The van der Waals surface area contributed by atoms with E-state index in [0.717, 1.165) is 16.1 Å². The van der Waals surface area contributed by atoms with Gasteiger partial charge in [-0.2, -0.15) is 0 Å². The largest absolute Gasteiger partial charge is 0.454 e. The van der Waals surface area contributed by atoms with E-state index in [9.17, 15) is 25.5 Å². The van der Waals surface area contributed by atoms with Gasteiger partial charge < -0.3 is 39.6 Å². The van der Waals surface area contributed by atoms with Crippen LogP contribution in [0.25, 0.3) is 15.9 Å². The average Bonchev–Trinajstić information content (AvgIpc) is 3.32. The molecule has 1 aromatic carbocycles. The summed E-state index contributed by atoms with van der Waals surface area (Å²) < 4.78 is 12.6. The lowest BCUT2D eigenvalue weighted by Gasteiger charge is -2.45. The molecule has 1 aliphatic heterocycles. The summed E-state index contributed by atoms with van der Waals surface area (Å²) in [5, 5.41) is 54.2. The van der Waals surface area contributed by atoms with Gasteiger partial charge in [-0.1, -0.05) is 6.07 Å². The summed E-state index contributed by atoms with van der Waals surface area (Å²) in [4.78, 5) is 0. The van der Waals surface area contributed by atoms with Gasteiger partial charge in [0.1, 0.15) is 18.0 Å². The molecule has 4 rings (SSSR count). The third-order valence-electron chi connectivity index (χ3n) is 4.96. The Morgan fingerprint density at radius 3 is 2.68 bits per heavy atom. The Balaban J connectivity index is 1.76. The smallest absolute Gasteiger partial charge is 0.288 e. The number of ether oxygens (including phenoxy) is 2. The van der Waals surface area contributed by atoms with Crippen LogP contribution in [0, 0.1) is 6.92 Å². The molecule has 150 valence electrons. The predicted octanol–water partition coefficient (Wildman–Crippen LogP) is 0.499. The topological polar surface area (TPSA) is 125 Å². The van der Waals surface area contributed by atoms with Crippen LogP contribution in [-0.4, -0.2) is 67.1 Å². The summed E-state index contributed by atoms with van der Waals surface area (Å²) in [5.41, 5.74) is 1.67. The van der Waals surface area contributed by atoms with Gasteiger partial charge in [0.05, 0.1) is 17.1 Å². The van der Waals surface area contributed by atoms with Gasteiger partial charge in [0.2, 0.25) is 6.29 Å². The van der Waals surface area contributed by atoms with Gasteiger partial charge in [-0.3, -0.25) is 0 Å². The van der Waals surface area contributed by atoms with Crippen molar-refractivity contribution in [2.24, 2.45) is 0 Å². The molecule has 3 heterocycles. The molecule has 3 aromatic rings. The SMILES string of the molecule is Cc1cn(-c2cccs2)c2cccc(O[C@]3(O)[C@H](O)O[C@H](CO)[C@@H](O)[C@@H]3O)c12. The molecule has 1 aliphatic rings. The van der Waals surface area contributed by atoms with Crippen LogP contribution in [0.4, 0.5) is 0 Å². The number of benzene rings is 1. The Morgan fingerprint density at radius 2 is 2.00 bits per heavy atom. The fourth-order valence-corrected chi connectivity index (χ4v) is 4.21. The summed E-state index contributed by atoms with van der Waals surface area (Å²) >= 11 is 1.56. The number of thiophene rings is 1. The van der Waals surface area contributed by atoms with Crippen molar-refractivity contribution in [3.8, 4) is 10.8 Å². The van der Waals surface area contributed by atoms with Crippen molar-refractivity contribution in [2.45, 2.75) is 37.3 Å². The molecule has 5 N–H and O–H groups in total. The second-order valence-electron chi connectivity index (χ2n) is 6.78. The Labute approximate surface area is 164 Å². The molecule has 0 spiro atoms. The second kappa shape index (κ2) is 7.12. The maximum absolute atomic E-state index is 10.8. The van der Waals surface area contributed by atoms with Crippen LogP contribution in [0.3, 0.4) is 0 Å². The zero-order valence-electron chi connectivity index (χ0n) is 15.0. The van der Waals surface area contributed by atoms with E-state index in [0.29, 0.717) is 5.39 Å². The molecular weight excluding hydrogens is 386 g/mol. The minimum Gasteiger partial charge on any atom is -0.454 e. The van der Waals surface area contributed by atoms with Crippen molar-refractivity contribution in [1.82, 2.24) is 4.57 Å². The van der Waals surface area contributed by atoms with E-state index in [1.54, 1.807) is 23.5 Å². The van der Waals surface area contributed by atoms with Crippen molar-refractivity contribution in [1.29, 1.82) is 0 Å². The van der Waals surface area contributed by atoms with Gasteiger partial charge >= 0.3 is 0 Å². The fourth-order valence-electron chi connectivity index (χ4n) is 3.49. The normalized spacial score (nSPS) is 30.6. The van der Waals surface area contributed by atoms with Crippen molar-refractivity contribution in [3.05, 3.63) is 47.5 Å². The Kier molecular flexibility index (Phi) is 4.92. The minimum atomic E-state index is -2.61. The molecule has 5 atom stereocenters. The lowest BCUT2D eigenvalue weighted by atomic mass is 9.95. The molecule has 2 aromatic heterocycles. The molecule has 28 heavy (non-hydrogen) atoms. The monoisotopic (exact) mass is 407 g/mol. The highest BCUT2D eigenvalue weighted by Crippen LogP contribution is 2.38. The van der Waals surface area contributed by atoms with Crippen LogP contribution < -0.4 is 4.74 Å². The van der Waals surface area contributed by atoms with Crippen LogP contribution in [0.1, 0.15) is 5.56 Å². The van der Waals surface area contributed by atoms with Crippen LogP contribution in [-0.2, 0) is 4.74 Å². The quantitative estimate of drug-likeness (QED) is 0.399. The summed E-state index contributed by atoms with van der Waals surface area (Å²) in [6, 6.07) is 9.11. The summed E-state index contributed by atoms with van der Waals surface area (Å²) in [6.07, 6.45) is -4.84. The van der Waals surface area contributed by atoms with E-state index in [-0.39, 0.29) is 5.75 Å². The Bertz CT molecular complexity index is 972. The maximum Gasteiger partial charge on any atom is 0.288 e. The fraction of sp³-hybridized carbons (Fsp3) is 0.368. The molecule has 0 unspecified atom stereocenters. The number of rotatable bonds is 4. The van der Waals surface area contributed by atoms with Gasteiger partial charge in [0, 0.05) is 11.6 Å². The molecule has 1 fully saturated rings. The number of hydrogen-bond acceptors (Lipinski definition) is 8. The highest BCUT2D eigenvalue weighted by atomic mass is 32.1. The molecule has 1 saturated heterocycles. The van der Waals surface area contributed by atoms with Gasteiger partial charge in [0.15, 0.2) is 6.10 Å². The maximum atomic E-state index is 10.8. The first kappa shape index (κ1) is 19.3. The predicted molar refractivity (Wildman–Crippen MR) is 101 cm³/mol. The van der Waals surface area contributed by atoms with E-state index in [4.69, 9.17) is 9.47 Å². The zero-order valence-corrected chi connectivity index (χ0v) is 15.8. The molecular formula is C19H21NO7S. The molecule has 0 bridgehead atoms. The number of aliphatic hydroxyl groups excluding tert-OH is 4. The van der Waals surface area contributed by atoms with E-state index in [2.05, 4.69) is 0 Å². The zero-order chi connectivity index (χ0) is 20.1. The Hall–Kier alpha value is -1.98. The summed E-state index contributed by atoms with van der Waals surface area (Å²) in [7, 11) is 0. The molecule has 9 heteroatoms. The second-order valence-corrected chi connectivity index (χ2v) is 7.71. The number of aryl methyl sites for hydroxylation is 1. The minimum absolute atomic E-state index is 0.212. The molecule has 0 aliphatic carbocycles. The lowest BCUT2D eigenvalue weighted by molar-refractivity contribution is -0.385. The number of aromatic nitrogens is 1. The van der Waals surface area contributed by atoms with Crippen molar-refractivity contribution < 1.29 is 35.0 Å². The van der Waals surface area contributed by atoms with Gasteiger partial charge in [-0.25, -0.2) is 0 Å². The van der Waals surface area contributed by atoms with E-state index in [1.807, 2.05) is 41.3 Å². The number of hydrogen-bond donors (Lipinski definition) is 5. The molecule has 8 nitrogen and oxygen atoms in total. The highest BCUT2D eigenvalue weighted by molar-refractivity contribution is 7.12. The molecule has 0 saturated carbocycles. The average molecular weight is 407 g/mol. The van der Waals surface area contributed by atoms with Crippen molar-refractivity contribution in [3.63, 3.8) is 0 Å². The van der Waals surface area contributed by atoms with Crippen molar-refractivity contribution >= 4 is 22.2 Å². The Morgan fingerprint density at radius 1 is 1.21 bits per heavy atom. The first-order valence-corrected chi connectivity index (χ1v) is 9.61. The standard InChI is InChI=1S/C19H21NO7S/c1-10-8-20(14-6-3-7-28-14)11-4-2-5-12(15(10)11)27-19(25)17(23)16(22)13(9-21)26-18(19)24/h2-8,13,16-18,21-25H,9H2,1H3/t13-,16-,17+,18-,19+/m1/s1. The van der Waals surface area contributed by atoms with E-state index in [1.165, 1.54) is 0 Å². The number of nitrogens with zero attached hydrogens (tertiary/aromatic N) is 1. The summed E-state index contributed by atoms with van der Waals surface area (Å²) in [5.74, 6) is -2.40. The van der Waals surface area contributed by atoms with Crippen LogP contribution in [0.15, 0.2) is 41.9 Å². The van der Waals surface area contributed by atoms with Crippen LogP contribution in [0.5, 0.6) is 5.75 Å². The molecule has 0 radical (unpaired) electrons. The highest BCUT2D eigenvalue weighted by Gasteiger charge is 2.57. The van der Waals surface area contributed by atoms with Gasteiger partial charge in [-0.15, -0.1) is 11.3 Å². The third-order valence-corrected chi connectivity index (χ3v) is 5.83.